The number of methoxy groups -OCH3 is 1. The topological polar surface area (TPSA) is 83.1 Å². The molecule has 7 heteroatoms. The zero-order chi connectivity index (χ0) is 18.1. The van der Waals surface area contributed by atoms with E-state index in [4.69, 9.17) is 4.74 Å². The number of hydrogen-bond donors (Lipinski definition) is 3. The Labute approximate surface area is 148 Å². The molecule has 0 unspecified atom stereocenters. The van der Waals surface area contributed by atoms with E-state index in [1.165, 1.54) is 7.11 Å². The van der Waals surface area contributed by atoms with Crippen molar-refractivity contribution in [2.75, 3.05) is 12.4 Å². The number of hydrogen-bond acceptors (Lipinski definition) is 5. The van der Waals surface area contributed by atoms with Crippen molar-refractivity contribution < 1.29 is 14.2 Å². The van der Waals surface area contributed by atoms with E-state index in [1.807, 2.05) is 0 Å². The second-order valence-electron chi connectivity index (χ2n) is 5.64. The Kier molecular flexibility index (Phi) is 3.89. The zero-order valence-electron chi connectivity index (χ0n) is 13.8. The number of benzene rings is 2. The summed E-state index contributed by atoms with van der Waals surface area (Å²) in [5, 5.41) is 12.7. The first-order valence-corrected chi connectivity index (χ1v) is 7.89. The molecule has 2 aromatic heterocycles. The van der Waals surface area contributed by atoms with Gasteiger partial charge in [-0.25, -0.2) is 14.4 Å². The SMILES string of the molecule is COc1cccc(-c2nc3c(Nc4cccc(O)c4)nccc3[nH]2)c1F. The molecule has 0 fully saturated rings. The number of ether oxygens (including phenoxy) is 1. The molecule has 0 aliphatic rings. The molecule has 0 saturated heterocycles. The standard InChI is InChI=1S/C19H15FN4O2/c1-26-15-7-3-6-13(16(15)20)18-23-14-8-9-21-19(17(14)24-18)22-11-4-2-5-12(25)10-11/h2-10,25H,1H3,(H,21,22)(H,23,24). The van der Waals surface area contributed by atoms with E-state index >= 15 is 0 Å². The highest BCUT2D eigenvalue weighted by Crippen LogP contribution is 2.31. The van der Waals surface area contributed by atoms with Crippen LogP contribution in [0.4, 0.5) is 15.9 Å². The van der Waals surface area contributed by atoms with Crippen LogP contribution in [0, 0.1) is 5.82 Å². The minimum Gasteiger partial charge on any atom is -0.508 e. The molecular formula is C19H15FN4O2. The fourth-order valence-electron chi connectivity index (χ4n) is 2.73. The molecule has 0 amide bonds. The highest BCUT2D eigenvalue weighted by atomic mass is 19.1. The Morgan fingerprint density at radius 3 is 2.81 bits per heavy atom. The van der Waals surface area contributed by atoms with E-state index in [1.54, 1.807) is 54.7 Å². The normalized spacial score (nSPS) is 10.8. The number of imidazole rings is 1. The average molecular weight is 350 g/mol. The zero-order valence-corrected chi connectivity index (χ0v) is 13.8. The van der Waals surface area contributed by atoms with Crippen molar-refractivity contribution in [2.45, 2.75) is 0 Å². The number of aromatic nitrogens is 3. The number of nitrogens with zero attached hydrogens (tertiary/aromatic N) is 2. The molecule has 130 valence electrons. The summed E-state index contributed by atoms with van der Waals surface area (Å²) in [6, 6.07) is 13.3. The van der Waals surface area contributed by atoms with Gasteiger partial charge in [0.05, 0.1) is 18.2 Å². The molecule has 0 atom stereocenters. The smallest absolute Gasteiger partial charge is 0.175 e. The first kappa shape index (κ1) is 15.9. The summed E-state index contributed by atoms with van der Waals surface area (Å²) in [5.74, 6) is 0.689. The summed E-state index contributed by atoms with van der Waals surface area (Å²) in [6.45, 7) is 0. The number of rotatable bonds is 4. The van der Waals surface area contributed by atoms with Gasteiger partial charge in [0.25, 0.3) is 0 Å². The molecule has 0 saturated carbocycles. The summed E-state index contributed by atoms with van der Waals surface area (Å²) in [6.07, 6.45) is 1.62. The van der Waals surface area contributed by atoms with Gasteiger partial charge in [-0.15, -0.1) is 0 Å². The monoisotopic (exact) mass is 350 g/mol. The Bertz CT molecular complexity index is 1090. The first-order valence-electron chi connectivity index (χ1n) is 7.89. The Morgan fingerprint density at radius 1 is 1.15 bits per heavy atom. The van der Waals surface area contributed by atoms with Gasteiger partial charge in [-0.05, 0) is 30.3 Å². The van der Waals surface area contributed by atoms with Crippen molar-refractivity contribution in [2.24, 2.45) is 0 Å². The number of anilines is 2. The van der Waals surface area contributed by atoms with E-state index in [0.29, 0.717) is 33.9 Å². The second kappa shape index (κ2) is 6.36. The lowest BCUT2D eigenvalue weighted by Gasteiger charge is -2.06. The number of fused-ring (bicyclic) bond motifs is 1. The predicted molar refractivity (Wildman–Crippen MR) is 97.2 cm³/mol. The number of nitrogens with one attached hydrogen (secondary N) is 2. The molecule has 6 nitrogen and oxygen atoms in total. The highest BCUT2D eigenvalue weighted by molar-refractivity contribution is 5.90. The molecule has 2 heterocycles. The van der Waals surface area contributed by atoms with E-state index in [0.717, 1.165) is 0 Å². The third kappa shape index (κ3) is 2.79. The molecule has 0 aliphatic carbocycles. The minimum atomic E-state index is -0.482. The number of H-pyrrole nitrogens is 1. The molecular weight excluding hydrogens is 335 g/mol. The fraction of sp³-hybridized carbons (Fsp3) is 0.0526. The van der Waals surface area contributed by atoms with Crippen molar-refractivity contribution in [1.82, 2.24) is 15.0 Å². The van der Waals surface area contributed by atoms with Gasteiger partial charge in [-0.2, -0.15) is 0 Å². The first-order chi connectivity index (χ1) is 12.7. The molecule has 2 aromatic carbocycles. The molecule has 0 radical (unpaired) electrons. The van der Waals surface area contributed by atoms with Crippen molar-refractivity contribution in [3.63, 3.8) is 0 Å². The summed E-state index contributed by atoms with van der Waals surface area (Å²) < 4.78 is 19.6. The van der Waals surface area contributed by atoms with Gasteiger partial charge in [-0.3, -0.25) is 0 Å². The highest BCUT2D eigenvalue weighted by Gasteiger charge is 2.16. The number of halogens is 1. The van der Waals surface area contributed by atoms with Crippen LogP contribution < -0.4 is 10.1 Å². The lowest BCUT2D eigenvalue weighted by molar-refractivity contribution is 0.387. The van der Waals surface area contributed by atoms with Crippen molar-refractivity contribution >= 4 is 22.5 Å². The quantitative estimate of drug-likeness (QED) is 0.513. The minimum absolute atomic E-state index is 0.142. The maximum atomic E-state index is 14.5. The van der Waals surface area contributed by atoms with E-state index < -0.39 is 5.82 Å². The lowest BCUT2D eigenvalue weighted by atomic mass is 10.2. The third-order valence-electron chi connectivity index (χ3n) is 3.95. The van der Waals surface area contributed by atoms with Gasteiger partial charge in [0.1, 0.15) is 17.1 Å². The van der Waals surface area contributed by atoms with Crippen molar-refractivity contribution in [3.8, 4) is 22.9 Å². The molecule has 3 N–H and O–H groups in total. The maximum absolute atomic E-state index is 14.5. The van der Waals surface area contributed by atoms with Crippen LogP contribution in [0.1, 0.15) is 0 Å². The maximum Gasteiger partial charge on any atom is 0.175 e. The number of pyridine rings is 1. The molecule has 4 rings (SSSR count). The molecule has 0 aliphatic heterocycles. The molecule has 0 spiro atoms. The van der Waals surface area contributed by atoms with Gasteiger partial charge < -0.3 is 20.1 Å². The number of aromatic hydroxyl groups is 1. The van der Waals surface area contributed by atoms with Crippen molar-refractivity contribution in [1.29, 1.82) is 0 Å². The summed E-state index contributed by atoms with van der Waals surface area (Å²) >= 11 is 0. The second-order valence-corrected chi connectivity index (χ2v) is 5.64. The van der Waals surface area contributed by atoms with Gasteiger partial charge in [0.2, 0.25) is 0 Å². The largest absolute Gasteiger partial charge is 0.508 e. The van der Waals surface area contributed by atoms with Crippen LogP contribution >= 0.6 is 0 Å². The molecule has 0 bridgehead atoms. The van der Waals surface area contributed by atoms with E-state index in [-0.39, 0.29) is 11.5 Å². The number of phenolic OH excluding ortho intramolecular Hbond substituents is 1. The Morgan fingerprint density at radius 2 is 2.00 bits per heavy atom. The van der Waals surface area contributed by atoms with Crippen LogP contribution in [0.3, 0.4) is 0 Å². The van der Waals surface area contributed by atoms with Crippen LogP contribution in [0.25, 0.3) is 22.4 Å². The number of aromatic amines is 1. The molecule has 4 aromatic rings. The molecule has 26 heavy (non-hydrogen) atoms. The fourth-order valence-corrected chi connectivity index (χ4v) is 2.73. The van der Waals surface area contributed by atoms with Crippen molar-refractivity contribution in [3.05, 3.63) is 60.5 Å². The van der Waals surface area contributed by atoms with Gasteiger partial charge in [0, 0.05) is 18.0 Å². The third-order valence-corrected chi connectivity index (χ3v) is 3.95. The van der Waals surface area contributed by atoms with Crippen LogP contribution in [0.15, 0.2) is 54.7 Å². The Hall–Kier alpha value is -3.61. The summed E-state index contributed by atoms with van der Waals surface area (Å²) in [4.78, 5) is 11.9. The van der Waals surface area contributed by atoms with Gasteiger partial charge in [0.15, 0.2) is 17.4 Å². The van der Waals surface area contributed by atoms with E-state index in [9.17, 15) is 9.50 Å². The van der Waals surface area contributed by atoms with Crippen LogP contribution in [-0.4, -0.2) is 27.2 Å². The summed E-state index contributed by atoms with van der Waals surface area (Å²) in [5.41, 5.74) is 2.25. The Balaban J connectivity index is 1.79. The van der Waals surface area contributed by atoms with Crippen LogP contribution in [0.5, 0.6) is 11.5 Å². The average Bonchev–Trinajstić information content (AvgIpc) is 3.07. The van der Waals surface area contributed by atoms with E-state index in [2.05, 4.69) is 20.3 Å². The van der Waals surface area contributed by atoms with Crippen LogP contribution in [0.2, 0.25) is 0 Å². The van der Waals surface area contributed by atoms with Crippen LogP contribution in [-0.2, 0) is 0 Å². The summed E-state index contributed by atoms with van der Waals surface area (Å²) in [7, 11) is 1.42. The van der Waals surface area contributed by atoms with Gasteiger partial charge in [-0.1, -0.05) is 12.1 Å². The number of phenols is 1. The predicted octanol–water partition coefficient (Wildman–Crippen LogP) is 4.22. The lowest BCUT2D eigenvalue weighted by Crippen LogP contribution is -1.94. The van der Waals surface area contributed by atoms with Gasteiger partial charge >= 0.3 is 0 Å².